The van der Waals surface area contributed by atoms with Gasteiger partial charge in [0.25, 0.3) is 5.91 Å². The molecule has 1 fully saturated rings. The molecule has 0 N–H and O–H groups in total. The summed E-state index contributed by atoms with van der Waals surface area (Å²) in [6, 6.07) is 4.16. The Bertz CT molecular complexity index is 524. The molecule has 3 heteroatoms. The lowest BCUT2D eigenvalue weighted by molar-refractivity contribution is -0.139. The van der Waals surface area contributed by atoms with Crippen LogP contribution in [0.5, 0.6) is 5.75 Å². The number of aryl methyl sites for hydroxylation is 2. The van der Waals surface area contributed by atoms with Crippen molar-refractivity contribution >= 4 is 5.91 Å². The van der Waals surface area contributed by atoms with Gasteiger partial charge in [-0.05, 0) is 69.2 Å². The molecule has 0 bridgehead atoms. The molecular formula is C18H27NO2. The first-order valence-corrected chi connectivity index (χ1v) is 7.91. The Balaban J connectivity index is 2.07. The largest absolute Gasteiger partial charge is 0.481 e. The van der Waals surface area contributed by atoms with Crippen LogP contribution in [0.2, 0.25) is 0 Å². The minimum absolute atomic E-state index is 0.111. The summed E-state index contributed by atoms with van der Waals surface area (Å²) in [6.45, 7) is 12.0. The molecule has 3 nitrogen and oxygen atoms in total. The predicted molar refractivity (Wildman–Crippen MR) is 85.7 cm³/mol. The summed E-state index contributed by atoms with van der Waals surface area (Å²) >= 11 is 0. The van der Waals surface area contributed by atoms with Gasteiger partial charge >= 0.3 is 0 Å². The van der Waals surface area contributed by atoms with Gasteiger partial charge in [-0.1, -0.05) is 13.0 Å². The van der Waals surface area contributed by atoms with Crippen molar-refractivity contribution in [1.29, 1.82) is 0 Å². The minimum Gasteiger partial charge on any atom is -0.481 e. The third-order valence-corrected chi connectivity index (χ3v) is 4.38. The molecule has 2 atom stereocenters. The predicted octanol–water partition coefficient (Wildman–Crippen LogP) is 3.64. The number of rotatable bonds is 3. The van der Waals surface area contributed by atoms with E-state index in [-0.39, 0.29) is 5.91 Å². The highest BCUT2D eigenvalue weighted by atomic mass is 16.5. The summed E-state index contributed by atoms with van der Waals surface area (Å²) in [7, 11) is 0. The maximum Gasteiger partial charge on any atom is 0.263 e. The lowest BCUT2D eigenvalue weighted by Crippen LogP contribution is -2.45. The Hall–Kier alpha value is -1.51. The SMILES string of the molecule is Cc1cc(C)c(C)c(O[C@H](C)C(=O)N2CCC[C@@H](C)C2)c1. The average molecular weight is 289 g/mol. The molecule has 21 heavy (non-hydrogen) atoms. The summed E-state index contributed by atoms with van der Waals surface area (Å²) in [5.74, 6) is 1.54. The maximum absolute atomic E-state index is 12.5. The topological polar surface area (TPSA) is 29.5 Å². The van der Waals surface area contributed by atoms with E-state index in [9.17, 15) is 4.79 Å². The molecule has 1 amide bonds. The minimum atomic E-state index is -0.421. The van der Waals surface area contributed by atoms with Crippen molar-refractivity contribution in [3.8, 4) is 5.75 Å². The molecule has 0 spiro atoms. The van der Waals surface area contributed by atoms with Crippen LogP contribution in [0.4, 0.5) is 0 Å². The van der Waals surface area contributed by atoms with Crippen molar-refractivity contribution < 1.29 is 9.53 Å². The number of carbonyl (C=O) groups excluding carboxylic acids is 1. The van der Waals surface area contributed by atoms with E-state index >= 15 is 0 Å². The molecule has 1 aliphatic rings. The molecule has 0 aromatic heterocycles. The lowest BCUT2D eigenvalue weighted by atomic mass is 10.00. The van der Waals surface area contributed by atoms with Crippen LogP contribution in [-0.4, -0.2) is 30.0 Å². The van der Waals surface area contributed by atoms with Crippen LogP contribution in [0.25, 0.3) is 0 Å². The summed E-state index contributed by atoms with van der Waals surface area (Å²) in [5, 5.41) is 0. The Morgan fingerprint density at radius 2 is 2.05 bits per heavy atom. The Labute approximate surface area is 128 Å². The summed E-state index contributed by atoms with van der Waals surface area (Å²) in [4.78, 5) is 14.5. The first kappa shape index (κ1) is 15.9. The zero-order chi connectivity index (χ0) is 15.6. The molecule has 1 saturated heterocycles. The highest BCUT2D eigenvalue weighted by Crippen LogP contribution is 2.25. The second kappa shape index (κ2) is 6.50. The van der Waals surface area contributed by atoms with Crippen molar-refractivity contribution in [2.45, 2.75) is 53.6 Å². The fourth-order valence-corrected chi connectivity index (χ4v) is 3.01. The van der Waals surface area contributed by atoms with E-state index in [1.807, 2.05) is 24.8 Å². The summed E-state index contributed by atoms with van der Waals surface area (Å²) in [5.41, 5.74) is 3.49. The van der Waals surface area contributed by atoms with Crippen LogP contribution in [0.3, 0.4) is 0 Å². The molecule has 0 saturated carbocycles. The molecule has 2 rings (SSSR count). The first-order chi connectivity index (χ1) is 9.88. The second-order valence-corrected chi connectivity index (χ2v) is 6.50. The van der Waals surface area contributed by atoms with Crippen LogP contribution in [0.15, 0.2) is 12.1 Å². The average Bonchev–Trinajstić information content (AvgIpc) is 2.43. The quantitative estimate of drug-likeness (QED) is 0.850. The maximum atomic E-state index is 12.5. The second-order valence-electron chi connectivity index (χ2n) is 6.50. The highest BCUT2D eigenvalue weighted by Gasteiger charge is 2.26. The molecule has 0 aliphatic carbocycles. The van der Waals surface area contributed by atoms with Crippen molar-refractivity contribution in [3.63, 3.8) is 0 Å². The van der Waals surface area contributed by atoms with E-state index in [4.69, 9.17) is 4.74 Å². The van der Waals surface area contributed by atoms with E-state index in [0.717, 1.165) is 30.8 Å². The number of carbonyl (C=O) groups is 1. The Kier molecular flexibility index (Phi) is 4.92. The number of hydrogen-bond donors (Lipinski definition) is 0. The van der Waals surface area contributed by atoms with Crippen LogP contribution in [0, 0.1) is 26.7 Å². The van der Waals surface area contributed by atoms with Crippen LogP contribution in [0.1, 0.15) is 43.4 Å². The standard InChI is InChI=1S/C18H27NO2/c1-12-7-6-8-19(11-12)18(20)16(5)21-17-10-13(2)9-14(3)15(17)4/h9-10,12,16H,6-8,11H2,1-5H3/t12-,16-/m1/s1. The van der Waals surface area contributed by atoms with Gasteiger partial charge in [-0.15, -0.1) is 0 Å². The zero-order valence-corrected chi connectivity index (χ0v) is 13.9. The van der Waals surface area contributed by atoms with Crippen LogP contribution < -0.4 is 4.74 Å². The van der Waals surface area contributed by atoms with Crippen LogP contribution in [-0.2, 0) is 4.79 Å². The van der Waals surface area contributed by atoms with Crippen molar-refractivity contribution in [3.05, 3.63) is 28.8 Å². The third-order valence-electron chi connectivity index (χ3n) is 4.38. The molecule has 0 radical (unpaired) electrons. The number of nitrogens with zero attached hydrogens (tertiary/aromatic N) is 1. The Morgan fingerprint density at radius 3 is 2.71 bits per heavy atom. The van der Waals surface area contributed by atoms with Crippen molar-refractivity contribution in [2.24, 2.45) is 5.92 Å². The van der Waals surface area contributed by atoms with Gasteiger partial charge in [0.15, 0.2) is 6.10 Å². The van der Waals surface area contributed by atoms with E-state index in [1.165, 1.54) is 17.5 Å². The fourth-order valence-electron chi connectivity index (χ4n) is 3.01. The zero-order valence-electron chi connectivity index (χ0n) is 13.9. The van der Waals surface area contributed by atoms with Gasteiger partial charge in [-0.25, -0.2) is 0 Å². The number of piperidine rings is 1. The highest BCUT2D eigenvalue weighted by molar-refractivity contribution is 5.81. The van der Waals surface area contributed by atoms with Crippen molar-refractivity contribution in [2.75, 3.05) is 13.1 Å². The normalized spacial score (nSPS) is 20.2. The molecule has 1 aromatic rings. The van der Waals surface area contributed by atoms with E-state index in [2.05, 4.69) is 26.8 Å². The van der Waals surface area contributed by atoms with Gasteiger partial charge in [-0.2, -0.15) is 0 Å². The van der Waals surface area contributed by atoms with E-state index < -0.39 is 6.10 Å². The van der Waals surface area contributed by atoms with Gasteiger partial charge in [0.2, 0.25) is 0 Å². The van der Waals surface area contributed by atoms with E-state index in [1.54, 1.807) is 0 Å². The van der Waals surface area contributed by atoms with E-state index in [0.29, 0.717) is 5.92 Å². The van der Waals surface area contributed by atoms with Gasteiger partial charge in [0.05, 0.1) is 0 Å². The van der Waals surface area contributed by atoms with Gasteiger partial charge in [-0.3, -0.25) is 4.79 Å². The van der Waals surface area contributed by atoms with Gasteiger partial charge in [0, 0.05) is 13.1 Å². The monoisotopic (exact) mass is 289 g/mol. The molecule has 0 unspecified atom stereocenters. The van der Waals surface area contributed by atoms with Crippen LogP contribution >= 0.6 is 0 Å². The summed E-state index contributed by atoms with van der Waals surface area (Å²) in [6.07, 6.45) is 1.90. The molecular weight excluding hydrogens is 262 g/mol. The number of ether oxygens (including phenoxy) is 1. The van der Waals surface area contributed by atoms with Gasteiger partial charge in [0.1, 0.15) is 5.75 Å². The molecule has 1 heterocycles. The number of likely N-dealkylation sites (tertiary alicyclic amines) is 1. The Morgan fingerprint density at radius 1 is 1.33 bits per heavy atom. The van der Waals surface area contributed by atoms with Crippen molar-refractivity contribution in [1.82, 2.24) is 4.90 Å². The first-order valence-electron chi connectivity index (χ1n) is 7.91. The summed E-state index contributed by atoms with van der Waals surface area (Å²) < 4.78 is 5.97. The lowest BCUT2D eigenvalue weighted by Gasteiger charge is -2.33. The number of amides is 1. The number of benzene rings is 1. The molecule has 1 aromatic carbocycles. The molecule has 1 aliphatic heterocycles. The fraction of sp³-hybridized carbons (Fsp3) is 0.611. The van der Waals surface area contributed by atoms with Gasteiger partial charge < -0.3 is 9.64 Å². The number of hydrogen-bond acceptors (Lipinski definition) is 2. The third kappa shape index (κ3) is 3.78. The molecule has 116 valence electrons. The smallest absolute Gasteiger partial charge is 0.263 e.